The molecule has 1 atom stereocenters. The van der Waals surface area contributed by atoms with Crippen molar-refractivity contribution in [1.29, 1.82) is 0 Å². The van der Waals surface area contributed by atoms with Gasteiger partial charge in [0.15, 0.2) is 17.3 Å². The van der Waals surface area contributed by atoms with E-state index in [1.807, 2.05) is 18.2 Å². The van der Waals surface area contributed by atoms with Crippen molar-refractivity contribution in [3.63, 3.8) is 0 Å². The van der Waals surface area contributed by atoms with E-state index >= 15 is 0 Å². The summed E-state index contributed by atoms with van der Waals surface area (Å²) >= 11 is 0. The van der Waals surface area contributed by atoms with Crippen molar-refractivity contribution in [3.8, 4) is 11.5 Å². The molecular weight excluding hydrogens is 246 g/mol. The van der Waals surface area contributed by atoms with Gasteiger partial charge in [-0.1, -0.05) is 6.07 Å². The van der Waals surface area contributed by atoms with Crippen LogP contribution in [0.15, 0.2) is 34.2 Å². The van der Waals surface area contributed by atoms with Gasteiger partial charge in [0, 0.05) is 12.7 Å². The summed E-state index contributed by atoms with van der Waals surface area (Å²) < 4.78 is 15.6. The molecule has 1 aromatic rings. The molecule has 0 spiro atoms. The molecule has 0 bridgehead atoms. The van der Waals surface area contributed by atoms with Crippen LogP contribution in [0.25, 0.3) is 5.57 Å². The van der Waals surface area contributed by atoms with Gasteiger partial charge < -0.3 is 19.9 Å². The van der Waals surface area contributed by atoms with Gasteiger partial charge in [-0.3, -0.25) is 0 Å². The molecule has 0 fully saturated rings. The van der Waals surface area contributed by atoms with Crippen LogP contribution in [0.3, 0.4) is 0 Å². The smallest absolute Gasteiger partial charge is 0.161 e. The van der Waals surface area contributed by atoms with Crippen LogP contribution in [0, 0.1) is 0 Å². The molecule has 0 radical (unpaired) electrons. The first-order chi connectivity index (χ1) is 9.21. The van der Waals surface area contributed by atoms with Crippen LogP contribution in [0.4, 0.5) is 0 Å². The Morgan fingerprint density at radius 1 is 1.16 bits per heavy atom. The van der Waals surface area contributed by atoms with Crippen LogP contribution in [0.5, 0.6) is 11.5 Å². The minimum Gasteiger partial charge on any atom is -0.493 e. The van der Waals surface area contributed by atoms with E-state index in [-0.39, 0.29) is 6.04 Å². The van der Waals surface area contributed by atoms with Gasteiger partial charge in [-0.15, -0.1) is 5.11 Å². The monoisotopic (exact) mass is 263 g/mol. The number of methoxy groups -OCH3 is 3. The first-order valence-electron chi connectivity index (χ1n) is 5.83. The van der Waals surface area contributed by atoms with Gasteiger partial charge in [-0.25, -0.2) is 0 Å². The Balaban J connectivity index is 2.39. The van der Waals surface area contributed by atoms with Crippen LogP contribution in [0.2, 0.25) is 0 Å². The van der Waals surface area contributed by atoms with Crippen molar-refractivity contribution < 1.29 is 14.2 Å². The highest BCUT2D eigenvalue weighted by molar-refractivity contribution is 5.75. The molecule has 1 heterocycles. The zero-order valence-electron chi connectivity index (χ0n) is 11.2. The molecule has 0 saturated carbocycles. The number of ether oxygens (including phenoxy) is 3. The molecule has 6 nitrogen and oxygen atoms in total. The van der Waals surface area contributed by atoms with Crippen molar-refractivity contribution >= 4 is 5.57 Å². The van der Waals surface area contributed by atoms with Gasteiger partial charge in [-0.2, -0.15) is 5.11 Å². The number of nitrogens with zero attached hydrogens (tertiary/aromatic N) is 2. The van der Waals surface area contributed by atoms with E-state index in [2.05, 4.69) is 10.2 Å². The topological polar surface area (TPSA) is 78.4 Å². The van der Waals surface area contributed by atoms with Crippen molar-refractivity contribution in [2.45, 2.75) is 6.04 Å². The molecule has 0 aromatic heterocycles. The maximum absolute atomic E-state index is 5.89. The molecule has 0 aliphatic carbocycles. The zero-order chi connectivity index (χ0) is 13.8. The largest absolute Gasteiger partial charge is 0.493 e. The Bertz CT molecular complexity index is 526. The molecule has 0 saturated heterocycles. The van der Waals surface area contributed by atoms with Crippen LogP contribution in [0.1, 0.15) is 5.56 Å². The molecule has 0 amide bonds. The second-order valence-electron chi connectivity index (χ2n) is 4.06. The highest BCUT2D eigenvalue weighted by Gasteiger charge is 2.24. The standard InChI is InChI=1S/C13H17N3O3/c1-17-7-9-12(13(14)16-15-9)8-4-5-10(18-2)11(6-8)19-3/h4-6,9H,7,14H2,1-3H3/t9-/m1/s1. The third kappa shape index (κ3) is 2.53. The number of hydrogen-bond acceptors (Lipinski definition) is 6. The van der Waals surface area contributed by atoms with Gasteiger partial charge in [0.05, 0.1) is 20.8 Å². The van der Waals surface area contributed by atoms with Crippen molar-refractivity contribution in [2.75, 3.05) is 27.9 Å². The van der Waals surface area contributed by atoms with Crippen LogP contribution < -0.4 is 15.2 Å². The minimum atomic E-state index is -0.178. The second-order valence-corrected chi connectivity index (χ2v) is 4.06. The van der Waals surface area contributed by atoms with Gasteiger partial charge in [0.2, 0.25) is 0 Å². The summed E-state index contributed by atoms with van der Waals surface area (Å²) in [4.78, 5) is 0. The Hall–Kier alpha value is -2.08. The number of rotatable bonds is 5. The molecule has 1 aliphatic heterocycles. The molecule has 1 aromatic carbocycles. The molecule has 2 N–H and O–H groups in total. The van der Waals surface area contributed by atoms with Crippen LogP contribution >= 0.6 is 0 Å². The first-order valence-corrected chi connectivity index (χ1v) is 5.83. The quantitative estimate of drug-likeness (QED) is 0.878. The summed E-state index contributed by atoms with van der Waals surface area (Å²) in [6, 6.07) is 5.42. The fraction of sp³-hybridized carbons (Fsp3) is 0.385. The van der Waals surface area contributed by atoms with Crippen molar-refractivity contribution in [1.82, 2.24) is 0 Å². The number of azo groups is 1. The summed E-state index contributed by atoms with van der Waals surface area (Å²) in [7, 11) is 4.81. The predicted molar refractivity (Wildman–Crippen MR) is 71.2 cm³/mol. The summed E-state index contributed by atoms with van der Waals surface area (Å²) in [5, 5.41) is 8.01. The normalized spacial score (nSPS) is 17.9. The maximum Gasteiger partial charge on any atom is 0.161 e. The van der Waals surface area contributed by atoms with Gasteiger partial charge in [0.1, 0.15) is 6.04 Å². The summed E-state index contributed by atoms with van der Waals surface area (Å²) in [5.74, 6) is 1.72. The Morgan fingerprint density at radius 2 is 1.89 bits per heavy atom. The molecular formula is C13H17N3O3. The fourth-order valence-electron chi connectivity index (χ4n) is 2.03. The summed E-state index contributed by atoms with van der Waals surface area (Å²) in [6.45, 7) is 0.438. The van der Waals surface area contributed by atoms with Crippen molar-refractivity contribution in [3.05, 3.63) is 29.6 Å². The lowest BCUT2D eigenvalue weighted by atomic mass is 9.99. The number of hydrogen-bond donors (Lipinski definition) is 1. The first kappa shape index (κ1) is 13.4. The van der Waals surface area contributed by atoms with E-state index < -0.39 is 0 Å². The van der Waals surface area contributed by atoms with E-state index in [1.54, 1.807) is 21.3 Å². The molecule has 6 heteroatoms. The van der Waals surface area contributed by atoms with E-state index in [0.717, 1.165) is 11.1 Å². The van der Waals surface area contributed by atoms with E-state index in [4.69, 9.17) is 19.9 Å². The number of benzene rings is 1. The lowest BCUT2D eigenvalue weighted by Crippen LogP contribution is -2.14. The molecule has 1 aliphatic rings. The average molecular weight is 263 g/mol. The lowest BCUT2D eigenvalue weighted by molar-refractivity contribution is 0.194. The highest BCUT2D eigenvalue weighted by atomic mass is 16.5. The highest BCUT2D eigenvalue weighted by Crippen LogP contribution is 2.35. The summed E-state index contributed by atoms with van der Waals surface area (Å²) in [5.41, 5.74) is 7.64. The van der Waals surface area contributed by atoms with Crippen molar-refractivity contribution in [2.24, 2.45) is 16.0 Å². The number of nitrogens with two attached hydrogens (primary N) is 1. The van der Waals surface area contributed by atoms with E-state index in [9.17, 15) is 0 Å². The van der Waals surface area contributed by atoms with Gasteiger partial charge in [0.25, 0.3) is 0 Å². The Kier molecular flexibility index (Phi) is 4.01. The zero-order valence-corrected chi connectivity index (χ0v) is 11.2. The third-order valence-electron chi connectivity index (χ3n) is 2.93. The average Bonchev–Trinajstić information content (AvgIpc) is 2.79. The fourth-order valence-corrected chi connectivity index (χ4v) is 2.03. The molecule has 0 unspecified atom stereocenters. The Morgan fingerprint density at radius 3 is 2.53 bits per heavy atom. The molecule has 102 valence electrons. The second kappa shape index (κ2) is 5.71. The van der Waals surface area contributed by atoms with E-state index in [1.165, 1.54) is 0 Å². The Labute approximate surface area is 111 Å². The van der Waals surface area contributed by atoms with Gasteiger partial charge in [-0.05, 0) is 17.7 Å². The van der Waals surface area contributed by atoms with Gasteiger partial charge >= 0.3 is 0 Å². The summed E-state index contributed by atoms with van der Waals surface area (Å²) in [6.07, 6.45) is 0. The predicted octanol–water partition coefficient (Wildman–Crippen LogP) is 1.81. The lowest BCUT2D eigenvalue weighted by Gasteiger charge is -2.14. The van der Waals surface area contributed by atoms with E-state index in [0.29, 0.717) is 23.9 Å². The SMILES string of the molecule is COC[C@H]1N=NC(N)=C1c1ccc(OC)c(OC)c1. The third-order valence-corrected chi connectivity index (χ3v) is 2.93. The molecule has 19 heavy (non-hydrogen) atoms. The molecule has 2 rings (SSSR count). The maximum atomic E-state index is 5.89. The minimum absolute atomic E-state index is 0.178. The van der Waals surface area contributed by atoms with Crippen LogP contribution in [-0.2, 0) is 4.74 Å². The van der Waals surface area contributed by atoms with Crippen LogP contribution in [-0.4, -0.2) is 34.0 Å².